The molecule has 4 aliphatic rings. The minimum absolute atomic E-state index is 0.144. The second-order valence-corrected chi connectivity index (χ2v) is 23.0. The number of aryl methyl sites for hydroxylation is 4. The molecule has 2 saturated heterocycles. The first kappa shape index (κ1) is 45.4. The van der Waals surface area contributed by atoms with Gasteiger partial charge in [-0.2, -0.15) is 0 Å². The van der Waals surface area contributed by atoms with Crippen LogP contribution in [0.15, 0.2) is 118 Å². The molecule has 6 aromatic rings. The Morgan fingerprint density at radius 2 is 0.609 bits per heavy atom. The summed E-state index contributed by atoms with van der Waals surface area (Å²) in [6.45, 7) is 30.3. The predicted molar refractivity (Wildman–Crippen MR) is 274 cm³/mol. The first-order chi connectivity index (χ1) is 29.8. The van der Waals surface area contributed by atoms with Gasteiger partial charge in [-0.05, 0) is 188 Å². The van der Waals surface area contributed by atoms with Gasteiger partial charge < -0.3 is 18.6 Å². The van der Waals surface area contributed by atoms with Crippen LogP contribution in [0.3, 0.4) is 0 Å². The highest BCUT2D eigenvalue weighted by molar-refractivity contribution is 9.10. The van der Waals surface area contributed by atoms with Crippen LogP contribution in [-0.2, 0) is 29.4 Å². The zero-order chi connectivity index (χ0) is 46.1. The van der Waals surface area contributed by atoms with E-state index in [2.05, 4.69) is 238 Å². The second-order valence-electron chi connectivity index (χ2n) is 21.2. The van der Waals surface area contributed by atoms with Gasteiger partial charge in [-0.15, -0.1) is 0 Å². The van der Waals surface area contributed by atoms with Crippen LogP contribution in [0.1, 0.15) is 125 Å². The summed E-state index contributed by atoms with van der Waals surface area (Å²) in [5.41, 5.74) is 18.2. The second kappa shape index (κ2) is 15.4. The van der Waals surface area contributed by atoms with E-state index in [-0.39, 0.29) is 10.8 Å². The Labute approximate surface area is 399 Å². The zero-order valence-corrected chi connectivity index (χ0v) is 43.1. The lowest BCUT2D eigenvalue weighted by Gasteiger charge is -2.32. The number of rotatable bonds is 4. The van der Waals surface area contributed by atoms with E-state index < -0.39 is 36.6 Å². The first-order valence-corrected chi connectivity index (χ1v) is 24.2. The van der Waals surface area contributed by atoms with E-state index in [1.165, 1.54) is 77.9 Å². The molecule has 2 heterocycles. The van der Waals surface area contributed by atoms with Gasteiger partial charge in [-0.1, -0.05) is 139 Å². The lowest BCUT2D eigenvalue weighted by atomic mass is 9.69. The van der Waals surface area contributed by atoms with Crippen molar-refractivity contribution in [2.24, 2.45) is 0 Å². The molecule has 2 fully saturated rings. The van der Waals surface area contributed by atoms with E-state index >= 15 is 0 Å². The summed E-state index contributed by atoms with van der Waals surface area (Å²) < 4.78 is 28.1. The molecule has 328 valence electrons. The fourth-order valence-corrected chi connectivity index (χ4v) is 11.2. The summed E-state index contributed by atoms with van der Waals surface area (Å²) in [7, 11) is -0.828. The van der Waals surface area contributed by atoms with Crippen LogP contribution in [-0.4, -0.2) is 36.6 Å². The summed E-state index contributed by atoms with van der Waals surface area (Å²) in [6, 6.07) is 40.5. The molecule has 4 nitrogen and oxygen atoms in total. The van der Waals surface area contributed by atoms with Crippen molar-refractivity contribution in [3.8, 4) is 22.3 Å². The molecular formula is C56H60B2Br2O4. The minimum atomic E-state index is -0.414. The van der Waals surface area contributed by atoms with Crippen LogP contribution in [0, 0.1) is 27.7 Å². The molecule has 0 N–H and O–H groups in total. The number of benzene rings is 6. The average molecular weight is 979 g/mol. The molecule has 0 radical (unpaired) electrons. The van der Waals surface area contributed by atoms with Gasteiger partial charge in [-0.25, -0.2) is 0 Å². The molecule has 2 aliphatic carbocycles. The van der Waals surface area contributed by atoms with Gasteiger partial charge >= 0.3 is 14.2 Å². The van der Waals surface area contributed by atoms with Crippen molar-refractivity contribution in [3.05, 3.63) is 174 Å². The topological polar surface area (TPSA) is 36.9 Å². The smallest absolute Gasteiger partial charge is 0.399 e. The van der Waals surface area contributed by atoms with Gasteiger partial charge in [0.2, 0.25) is 0 Å². The van der Waals surface area contributed by atoms with Crippen LogP contribution < -0.4 is 10.9 Å². The molecule has 0 spiro atoms. The van der Waals surface area contributed by atoms with Crippen molar-refractivity contribution in [2.75, 3.05) is 0 Å². The number of halogens is 2. The first-order valence-electron chi connectivity index (χ1n) is 22.6. The molecule has 0 amide bonds. The van der Waals surface area contributed by atoms with Crippen molar-refractivity contribution in [3.63, 3.8) is 0 Å². The number of hydrogen-bond donors (Lipinski definition) is 0. The van der Waals surface area contributed by atoms with Gasteiger partial charge in [0, 0.05) is 19.8 Å². The third kappa shape index (κ3) is 7.25. The summed E-state index contributed by atoms with van der Waals surface area (Å²) >= 11 is 7.34. The van der Waals surface area contributed by atoms with Crippen molar-refractivity contribution >= 4 is 57.0 Å². The monoisotopic (exact) mass is 976 g/mol. The number of hydrogen-bond acceptors (Lipinski definition) is 4. The molecule has 8 heteroatoms. The molecule has 0 unspecified atom stereocenters. The standard InChI is InChI=1S/C34H42B2O4.C22H18Br2/c1-21-16-22(2)18-23(17-21)34(11)28-19-24(35-37-30(3,4)31(5,6)38-35)12-14-26(28)27-15-13-25(20-29(27)34)36-39-32(7,8)33(9,10)40-36;1-13-8-14(2)10-15(9-13)22(3)20-11-16(23)4-6-18(20)19-7-5-17(24)12-21(19)22/h12-20H,1-11H3;4-12H,1-3H3. The predicted octanol–water partition coefficient (Wildman–Crippen LogP) is 13.4. The van der Waals surface area contributed by atoms with Crippen LogP contribution >= 0.6 is 31.9 Å². The molecule has 2 aliphatic heterocycles. The third-order valence-electron chi connectivity index (χ3n) is 15.4. The lowest BCUT2D eigenvalue weighted by Crippen LogP contribution is -2.41. The maximum Gasteiger partial charge on any atom is 0.494 e. The van der Waals surface area contributed by atoms with Gasteiger partial charge in [0.15, 0.2) is 0 Å². The maximum atomic E-state index is 6.47. The Morgan fingerprint density at radius 3 is 0.906 bits per heavy atom. The molecule has 6 aromatic carbocycles. The Hall–Kier alpha value is -3.75. The van der Waals surface area contributed by atoms with Crippen molar-refractivity contribution in [2.45, 2.75) is 130 Å². The van der Waals surface area contributed by atoms with Gasteiger partial charge in [0.05, 0.1) is 22.4 Å². The maximum absolute atomic E-state index is 6.47. The van der Waals surface area contributed by atoms with Crippen molar-refractivity contribution in [1.82, 2.24) is 0 Å². The molecule has 0 aromatic heterocycles. The Kier molecular flexibility index (Phi) is 10.9. The highest BCUT2D eigenvalue weighted by Gasteiger charge is 2.54. The van der Waals surface area contributed by atoms with Crippen molar-refractivity contribution < 1.29 is 18.6 Å². The largest absolute Gasteiger partial charge is 0.494 e. The molecule has 0 bridgehead atoms. The molecule has 0 saturated carbocycles. The normalized spacial score (nSPS) is 19.7. The minimum Gasteiger partial charge on any atom is -0.399 e. The van der Waals surface area contributed by atoms with Gasteiger partial charge in [-0.3, -0.25) is 0 Å². The summed E-state index contributed by atoms with van der Waals surface area (Å²) in [5, 5.41) is 0. The summed E-state index contributed by atoms with van der Waals surface area (Å²) in [6.07, 6.45) is 0. The van der Waals surface area contributed by atoms with E-state index in [1.54, 1.807) is 0 Å². The Bertz CT molecular complexity index is 2670. The molecule has 10 rings (SSSR count). The molecular weight excluding hydrogens is 918 g/mol. The highest BCUT2D eigenvalue weighted by atomic mass is 79.9. The van der Waals surface area contributed by atoms with E-state index in [4.69, 9.17) is 18.6 Å². The highest BCUT2D eigenvalue weighted by Crippen LogP contribution is 2.55. The number of fused-ring (bicyclic) bond motifs is 6. The van der Waals surface area contributed by atoms with Gasteiger partial charge in [0.25, 0.3) is 0 Å². The summed E-state index contributed by atoms with van der Waals surface area (Å²) in [4.78, 5) is 0. The zero-order valence-electron chi connectivity index (χ0n) is 39.9. The Balaban J connectivity index is 0.000000184. The van der Waals surface area contributed by atoms with E-state index in [1.807, 2.05) is 0 Å². The van der Waals surface area contributed by atoms with Gasteiger partial charge in [0.1, 0.15) is 0 Å². The fraction of sp³-hybridized carbons (Fsp3) is 0.357. The SMILES string of the molecule is Cc1cc(C)cc(C2(C)c3cc(B4OC(C)(C)C(C)(C)O4)ccc3-c3ccc(B4OC(C)(C)C(C)(C)O4)cc32)c1.Cc1cc(C)cc(C2(C)c3cc(Br)ccc3-c3ccc(Br)cc32)c1. The lowest BCUT2D eigenvalue weighted by molar-refractivity contribution is 0.00578. The average Bonchev–Trinajstić information content (AvgIpc) is 3.79. The quantitative estimate of drug-likeness (QED) is 0.165. The van der Waals surface area contributed by atoms with Crippen LogP contribution in [0.5, 0.6) is 0 Å². The van der Waals surface area contributed by atoms with E-state index in [9.17, 15) is 0 Å². The van der Waals surface area contributed by atoms with E-state index in [0.717, 1.165) is 19.9 Å². The molecule has 0 atom stereocenters. The summed E-state index contributed by atoms with van der Waals surface area (Å²) in [5.74, 6) is 0. The fourth-order valence-electron chi connectivity index (χ4n) is 10.4. The molecule has 64 heavy (non-hydrogen) atoms. The van der Waals surface area contributed by atoms with Crippen molar-refractivity contribution in [1.29, 1.82) is 0 Å². The van der Waals surface area contributed by atoms with Crippen LogP contribution in [0.25, 0.3) is 22.3 Å². The van der Waals surface area contributed by atoms with Crippen LogP contribution in [0.4, 0.5) is 0 Å². The third-order valence-corrected chi connectivity index (χ3v) is 16.4. The van der Waals surface area contributed by atoms with E-state index in [0.29, 0.717) is 0 Å². The van der Waals surface area contributed by atoms with Crippen LogP contribution in [0.2, 0.25) is 0 Å². The Morgan fingerprint density at radius 1 is 0.344 bits per heavy atom.